The van der Waals surface area contributed by atoms with E-state index in [1.165, 1.54) is 25.6 Å². The monoisotopic (exact) mass is 1650 g/mol. The number of carboxylic acids is 5. The Bertz CT molecular complexity index is 3220. The number of nitrogens with one attached hydrogen (secondary N) is 12. The normalized spacial score (nSPS) is 16.1. The summed E-state index contributed by atoms with van der Waals surface area (Å²) in [5.74, 6) is -24.5. The van der Waals surface area contributed by atoms with Crippen LogP contribution < -0.4 is 86.7 Å². The molecule has 0 aliphatic rings. The van der Waals surface area contributed by atoms with E-state index in [0.717, 1.165) is 6.92 Å². The molecule has 42 nitrogen and oxygen atoms in total. The molecule has 0 unspecified atom stereocenters. The van der Waals surface area contributed by atoms with Crippen LogP contribution in [-0.2, 0) is 91.0 Å². The first-order chi connectivity index (χ1) is 53.2. The number of nitrogens with two attached hydrogens (primary N) is 4. The van der Waals surface area contributed by atoms with Crippen LogP contribution in [-0.4, -0.2) is 271 Å². The van der Waals surface area contributed by atoms with Gasteiger partial charge in [0, 0.05) is 31.8 Å². The van der Waals surface area contributed by atoms with Crippen LogP contribution in [0.5, 0.6) is 0 Å². The van der Waals surface area contributed by atoms with Crippen molar-refractivity contribution in [3.63, 3.8) is 0 Å². The Kier molecular flexibility index (Phi) is 49.9. The predicted octanol–water partition coefficient (Wildman–Crippen LogP) is -5.03. The van der Waals surface area contributed by atoms with E-state index < -0.39 is 286 Å². The maximum Gasteiger partial charge on any atom is 0.329 e. The first kappa shape index (κ1) is 105. The van der Waals surface area contributed by atoms with Gasteiger partial charge in [-0.25, -0.2) is 4.79 Å². The molecular formula is C71H124N16O26S. The second kappa shape index (κ2) is 54.4. The highest BCUT2D eigenvalue weighted by molar-refractivity contribution is 7.98. The van der Waals surface area contributed by atoms with Crippen LogP contribution in [0.2, 0.25) is 0 Å². The molecule has 27 N–H and O–H groups in total. The van der Waals surface area contributed by atoms with Gasteiger partial charge in [0.05, 0.1) is 37.6 Å². The van der Waals surface area contributed by atoms with Gasteiger partial charge in [-0.05, 0) is 106 Å². The quantitative estimate of drug-likeness (QED) is 0.0200. The summed E-state index contributed by atoms with van der Waals surface area (Å²) in [5.41, 5.74) is 23.5. The molecule has 0 bridgehead atoms. The van der Waals surface area contributed by atoms with Gasteiger partial charge in [0.1, 0.15) is 72.6 Å². The molecule has 0 heterocycles. The molecule has 0 spiro atoms. The first-order valence-electron chi connectivity index (χ1n) is 37.9. The van der Waals surface area contributed by atoms with Crippen molar-refractivity contribution in [2.24, 2.45) is 52.5 Å². The summed E-state index contributed by atoms with van der Waals surface area (Å²) >= 11 is 1.34. The number of esters is 1. The Morgan fingerprint density at radius 3 is 1.18 bits per heavy atom. The number of hydrogen-bond donors (Lipinski definition) is 23. The minimum absolute atomic E-state index is 0.0105. The number of primary amides is 1. The molecule has 0 aliphatic heterocycles. The third-order valence-corrected chi connectivity index (χ3v) is 18.8. The number of hydrogen-bond acceptors (Lipinski definition) is 26. The number of amides is 12. The summed E-state index contributed by atoms with van der Waals surface area (Å²) in [6, 6.07) is -22.5. The number of ether oxygens (including phenoxy) is 1. The van der Waals surface area contributed by atoms with Crippen LogP contribution in [0.4, 0.5) is 0 Å². The molecule has 43 heteroatoms. The molecule has 0 aliphatic carbocycles. The van der Waals surface area contributed by atoms with Crippen molar-refractivity contribution in [3.05, 3.63) is 0 Å². The fourth-order valence-corrected chi connectivity index (χ4v) is 11.6. The number of aliphatic carboxylic acids is 5. The predicted molar refractivity (Wildman–Crippen MR) is 410 cm³/mol. The lowest BCUT2D eigenvalue weighted by molar-refractivity contribution is -0.157. The largest absolute Gasteiger partial charge is 0.481 e. The van der Waals surface area contributed by atoms with E-state index in [0.29, 0.717) is 25.1 Å². The van der Waals surface area contributed by atoms with E-state index in [1.54, 1.807) is 61.6 Å². The van der Waals surface area contributed by atoms with Crippen LogP contribution in [0.3, 0.4) is 0 Å². The Balaban J connectivity index is 7.17. The summed E-state index contributed by atoms with van der Waals surface area (Å²) < 4.78 is 5.89. The number of carbonyl (C=O) groups excluding carboxylic acids is 13. The molecule has 0 aromatic carbocycles. The topological polar surface area (TPSA) is 707 Å². The van der Waals surface area contributed by atoms with E-state index in [2.05, 4.69) is 63.8 Å². The number of rotatable bonds is 60. The summed E-state index contributed by atoms with van der Waals surface area (Å²) in [6.45, 7) is 16.1. The average Bonchev–Trinajstić information content (AvgIpc) is 0.850. The Morgan fingerprint density at radius 1 is 0.412 bits per heavy atom. The van der Waals surface area contributed by atoms with Crippen LogP contribution >= 0.6 is 11.8 Å². The lowest BCUT2D eigenvalue weighted by Gasteiger charge is -2.31. The van der Waals surface area contributed by atoms with Gasteiger partial charge in [0.2, 0.25) is 70.9 Å². The van der Waals surface area contributed by atoms with Gasteiger partial charge in [-0.15, -0.1) is 0 Å². The van der Waals surface area contributed by atoms with Crippen molar-refractivity contribution in [2.45, 2.75) is 276 Å². The third kappa shape index (κ3) is 40.5. The molecule has 0 rings (SSSR count). The highest BCUT2D eigenvalue weighted by Gasteiger charge is 2.41. The molecule has 0 fully saturated rings. The van der Waals surface area contributed by atoms with Gasteiger partial charge in [-0.3, -0.25) is 81.5 Å². The lowest BCUT2D eigenvalue weighted by atomic mass is 9.96. The van der Waals surface area contributed by atoms with Crippen molar-refractivity contribution in [1.29, 1.82) is 0 Å². The summed E-state index contributed by atoms with van der Waals surface area (Å²) in [6.07, 6.45) is -6.23. The summed E-state index contributed by atoms with van der Waals surface area (Å²) in [7, 11) is 0. The molecule has 18 atom stereocenters. The Morgan fingerprint density at radius 2 is 0.781 bits per heavy atom. The molecule has 0 saturated carbocycles. The highest BCUT2D eigenvalue weighted by Crippen LogP contribution is 2.18. The second-order valence-corrected chi connectivity index (χ2v) is 30.2. The minimum Gasteiger partial charge on any atom is -0.481 e. The van der Waals surface area contributed by atoms with Crippen molar-refractivity contribution in [3.8, 4) is 0 Å². The molecule has 650 valence electrons. The number of unbranched alkanes of at least 4 members (excludes halogenated alkanes) is 1. The van der Waals surface area contributed by atoms with Gasteiger partial charge < -0.3 is 127 Å². The fourth-order valence-electron chi connectivity index (χ4n) is 11.2. The lowest BCUT2D eigenvalue weighted by Crippen LogP contribution is -2.62. The van der Waals surface area contributed by atoms with Gasteiger partial charge in [-0.2, -0.15) is 11.8 Å². The standard InChI is InChI=1S/C71H124N16O26S/c1-13-36(9)56(68(109)82-47(30-54(98)99)71(112)113-49(40(74)27-33(3)4)31-76-41(24-26-114-12)61(102)84-55(35(7)8)67(108)81-46(28-34(5)6)65(106)80-45(59(75)100)29-53(96)97)85-64(105)44(20-23-52(94)95)78-66(107)48(32-88)83-69(110)57(37(10)14-2)86-63(104)43(19-22-51(92)93)77-62(103)42(18-21-50(90)91)79-70(111)58(38(11)89)87-60(101)39(73)17-15-16-25-72/h33-49,55-58,76,88-89H,13-32,72-74H2,1-12H3,(H2,75,100)(H,77,103)(H,78,107)(H,79,111)(H,80,106)(H,81,108)(H,82,109)(H,83,110)(H,84,102)(H,85,105)(H,86,104)(H,87,101)(H,90,91)(H,92,93)(H,94,95)(H,96,97)(H,98,99)/t36-,37-,38+,39-,40-,41-,42-,43-,44-,45-,46-,47-,48-,49-,55-,56-,57-,58-/m0/s1. The van der Waals surface area contributed by atoms with Crippen molar-refractivity contribution >= 4 is 118 Å². The molecule has 12 amide bonds. The first-order valence-corrected chi connectivity index (χ1v) is 39.2. The number of aliphatic hydroxyl groups is 2. The maximum atomic E-state index is 14.5. The summed E-state index contributed by atoms with van der Waals surface area (Å²) in [5, 5.41) is 98.3. The smallest absolute Gasteiger partial charge is 0.329 e. The average molecular weight is 1650 g/mol. The zero-order valence-corrected chi connectivity index (χ0v) is 67.7. The molecule has 0 radical (unpaired) electrons. The second-order valence-electron chi connectivity index (χ2n) is 29.2. The van der Waals surface area contributed by atoms with Crippen LogP contribution in [0.15, 0.2) is 0 Å². The number of carbonyl (C=O) groups is 18. The van der Waals surface area contributed by atoms with Crippen molar-refractivity contribution in [2.75, 3.05) is 31.7 Å². The van der Waals surface area contributed by atoms with Gasteiger partial charge in [-0.1, -0.05) is 88.5 Å². The number of carboxylic acid groups (broad SMARTS) is 5. The van der Waals surface area contributed by atoms with Gasteiger partial charge in [0.25, 0.3) is 0 Å². The van der Waals surface area contributed by atoms with Crippen molar-refractivity contribution < 1.29 is 127 Å². The Hall–Kier alpha value is -9.43. The Labute approximate surface area is 666 Å². The van der Waals surface area contributed by atoms with Crippen molar-refractivity contribution in [1.82, 2.24) is 63.8 Å². The SMILES string of the molecule is CC[C@H](C)[C@H](NC(=O)[C@H](CCC(=O)O)NC(=O)[C@H](CCC(=O)O)NC(=O)[C@@H](NC(=O)[C@@H](N)CCCCN)[C@@H](C)O)C(=O)N[C@@H](CO)C(=O)N[C@@H](CCC(=O)O)C(=O)N[C@H](C(=O)N[C@@H](CC(=O)O)C(=O)O[C@@H](CN[C@@H](CCSC)C(=O)N[C@H](C(=O)N[C@@H](CC(C)C)C(=O)N[C@@H](CC(=O)O)C(N)=O)C(C)C)[C@@H](N)CC(C)C)[C@@H](C)CC. The maximum absolute atomic E-state index is 14.5. The number of thioether (sulfide) groups is 1. The van der Waals surface area contributed by atoms with Crippen LogP contribution in [0.25, 0.3) is 0 Å². The molecule has 0 saturated heterocycles. The van der Waals surface area contributed by atoms with E-state index in [4.69, 9.17) is 27.7 Å². The van der Waals surface area contributed by atoms with E-state index in [9.17, 15) is 122 Å². The zero-order valence-electron chi connectivity index (χ0n) is 66.9. The van der Waals surface area contributed by atoms with Crippen LogP contribution in [0, 0.1) is 29.6 Å². The molecule has 0 aromatic rings. The third-order valence-electron chi connectivity index (χ3n) is 18.2. The molecule has 0 aromatic heterocycles. The van der Waals surface area contributed by atoms with Gasteiger partial charge in [0.15, 0.2) is 0 Å². The fraction of sp³-hybridized carbons (Fsp3) is 0.746. The van der Waals surface area contributed by atoms with E-state index >= 15 is 0 Å². The number of aliphatic hydroxyl groups excluding tert-OH is 2. The molecule has 114 heavy (non-hydrogen) atoms. The summed E-state index contributed by atoms with van der Waals surface area (Å²) in [4.78, 5) is 240. The minimum atomic E-state index is -2.04. The van der Waals surface area contributed by atoms with Crippen LogP contribution in [0.1, 0.15) is 179 Å². The van der Waals surface area contributed by atoms with E-state index in [-0.39, 0.29) is 50.4 Å². The zero-order chi connectivity index (χ0) is 87.6. The van der Waals surface area contributed by atoms with E-state index in [1.807, 2.05) is 0 Å². The highest BCUT2D eigenvalue weighted by atomic mass is 32.2. The molecular weight excluding hydrogens is 1520 g/mol. The van der Waals surface area contributed by atoms with Gasteiger partial charge >= 0.3 is 35.8 Å².